The standard InChI is InChI=1S/C20H15F3N2O3S/c1-24-19-18(29-20(24)27)13(10-3-5-12(28-2)6-4-10)9-16(26)25(19)11-7-14(21)17(23)15(22)8-11/h3-8,13H,9H2,1-2H3/t13-/m1/s1. The lowest BCUT2D eigenvalue weighted by Gasteiger charge is -2.32. The van der Waals surface area contributed by atoms with Gasteiger partial charge in [0.2, 0.25) is 5.91 Å². The molecule has 1 aromatic heterocycles. The average Bonchev–Trinajstić information content (AvgIpc) is 3.00. The summed E-state index contributed by atoms with van der Waals surface area (Å²) in [6.07, 6.45) is -0.0140. The second-order valence-electron chi connectivity index (χ2n) is 6.60. The number of hydrogen-bond donors (Lipinski definition) is 0. The highest BCUT2D eigenvalue weighted by atomic mass is 32.1. The molecule has 2 aromatic carbocycles. The van der Waals surface area contributed by atoms with E-state index in [1.54, 1.807) is 31.4 Å². The van der Waals surface area contributed by atoms with E-state index < -0.39 is 29.3 Å². The van der Waals surface area contributed by atoms with Crippen molar-refractivity contribution >= 4 is 28.7 Å². The zero-order chi connectivity index (χ0) is 20.9. The Hall–Kier alpha value is -3.07. The molecule has 3 aromatic rings. The van der Waals surface area contributed by atoms with Gasteiger partial charge in [-0.25, -0.2) is 13.2 Å². The van der Waals surface area contributed by atoms with Gasteiger partial charge >= 0.3 is 4.87 Å². The van der Waals surface area contributed by atoms with Crippen molar-refractivity contribution in [2.45, 2.75) is 12.3 Å². The van der Waals surface area contributed by atoms with Crippen LogP contribution in [0, 0.1) is 17.5 Å². The summed E-state index contributed by atoms with van der Waals surface area (Å²) in [5, 5.41) is 0. The van der Waals surface area contributed by atoms with E-state index in [-0.39, 0.29) is 22.8 Å². The van der Waals surface area contributed by atoms with Crippen LogP contribution in [0.5, 0.6) is 5.75 Å². The molecule has 1 aliphatic heterocycles. The summed E-state index contributed by atoms with van der Waals surface area (Å²) in [6.45, 7) is 0. The number of anilines is 2. The van der Waals surface area contributed by atoms with Gasteiger partial charge in [0.05, 0.1) is 17.7 Å². The molecule has 0 N–H and O–H groups in total. The largest absolute Gasteiger partial charge is 0.497 e. The topological polar surface area (TPSA) is 51.5 Å². The number of benzene rings is 2. The second-order valence-corrected chi connectivity index (χ2v) is 7.59. The maximum absolute atomic E-state index is 13.8. The molecule has 0 saturated heterocycles. The van der Waals surface area contributed by atoms with Crippen LogP contribution >= 0.6 is 11.3 Å². The minimum atomic E-state index is -1.62. The Labute approximate surface area is 167 Å². The first-order chi connectivity index (χ1) is 13.8. The number of nitrogens with zero attached hydrogens (tertiary/aromatic N) is 2. The summed E-state index contributed by atoms with van der Waals surface area (Å²) >= 11 is 0.962. The van der Waals surface area contributed by atoms with Gasteiger partial charge < -0.3 is 4.74 Å². The lowest BCUT2D eigenvalue weighted by atomic mass is 9.90. The highest BCUT2D eigenvalue weighted by Gasteiger charge is 2.38. The smallest absolute Gasteiger partial charge is 0.308 e. The predicted molar refractivity (Wildman–Crippen MR) is 102 cm³/mol. The van der Waals surface area contributed by atoms with E-state index in [1.807, 2.05) is 0 Å². The number of rotatable bonds is 3. The van der Waals surface area contributed by atoms with E-state index in [0.717, 1.165) is 33.9 Å². The maximum Gasteiger partial charge on any atom is 0.308 e. The van der Waals surface area contributed by atoms with Gasteiger partial charge in [0.25, 0.3) is 0 Å². The molecule has 0 spiro atoms. The molecule has 1 atom stereocenters. The van der Waals surface area contributed by atoms with E-state index in [1.165, 1.54) is 11.6 Å². The number of methoxy groups -OCH3 is 1. The fraction of sp³-hybridized carbons (Fsp3) is 0.200. The van der Waals surface area contributed by atoms with E-state index in [2.05, 4.69) is 0 Å². The zero-order valence-corrected chi connectivity index (χ0v) is 16.2. The number of fused-ring (bicyclic) bond motifs is 1. The second kappa shape index (κ2) is 7.07. The van der Waals surface area contributed by atoms with Crippen molar-refractivity contribution in [2.24, 2.45) is 7.05 Å². The summed E-state index contributed by atoms with van der Waals surface area (Å²) in [5.74, 6) is -4.42. The maximum atomic E-state index is 13.8. The Morgan fingerprint density at radius 2 is 1.69 bits per heavy atom. The third kappa shape index (κ3) is 3.11. The SMILES string of the molecule is COc1ccc([C@H]2CC(=O)N(c3cc(F)c(F)c(F)c3)c3c2sc(=O)n3C)cc1. The quantitative estimate of drug-likeness (QED) is 0.601. The third-order valence-corrected chi connectivity index (χ3v) is 6.05. The Kier molecular flexibility index (Phi) is 4.70. The van der Waals surface area contributed by atoms with Gasteiger partial charge in [-0.1, -0.05) is 23.5 Å². The van der Waals surface area contributed by atoms with Gasteiger partial charge in [0.15, 0.2) is 17.5 Å². The molecule has 2 heterocycles. The first kappa shape index (κ1) is 19.3. The van der Waals surface area contributed by atoms with Crippen molar-refractivity contribution in [2.75, 3.05) is 12.0 Å². The van der Waals surface area contributed by atoms with Crippen LogP contribution in [-0.4, -0.2) is 17.6 Å². The van der Waals surface area contributed by atoms with E-state index in [9.17, 15) is 22.8 Å². The van der Waals surface area contributed by atoms with Crippen LogP contribution in [0.2, 0.25) is 0 Å². The number of amides is 1. The molecule has 0 saturated carbocycles. The monoisotopic (exact) mass is 420 g/mol. The van der Waals surface area contributed by atoms with Gasteiger partial charge in [-0.3, -0.25) is 19.1 Å². The van der Waals surface area contributed by atoms with Crippen LogP contribution in [-0.2, 0) is 11.8 Å². The third-order valence-electron chi connectivity index (χ3n) is 4.91. The van der Waals surface area contributed by atoms with Gasteiger partial charge in [0, 0.05) is 31.5 Å². The van der Waals surface area contributed by atoms with Gasteiger partial charge in [-0.15, -0.1) is 0 Å². The predicted octanol–water partition coefficient (Wildman–Crippen LogP) is 4.07. The molecular formula is C20H15F3N2O3S. The van der Waals surface area contributed by atoms with Crippen LogP contribution in [0.1, 0.15) is 22.8 Å². The number of carbonyl (C=O) groups excluding carboxylic acids is 1. The molecule has 0 radical (unpaired) electrons. The summed E-state index contributed by atoms with van der Waals surface area (Å²) in [5.41, 5.74) is 0.632. The number of hydrogen-bond acceptors (Lipinski definition) is 4. The van der Waals surface area contributed by atoms with Crippen molar-refractivity contribution in [3.05, 3.63) is 74.0 Å². The molecular weight excluding hydrogens is 405 g/mol. The van der Waals surface area contributed by atoms with Crippen LogP contribution in [0.25, 0.3) is 0 Å². The lowest BCUT2D eigenvalue weighted by Crippen LogP contribution is -2.35. The molecule has 4 rings (SSSR count). The van der Waals surface area contributed by atoms with Crippen molar-refractivity contribution in [1.29, 1.82) is 0 Å². The fourth-order valence-electron chi connectivity index (χ4n) is 3.47. The Morgan fingerprint density at radius 1 is 1.07 bits per heavy atom. The summed E-state index contributed by atoms with van der Waals surface area (Å²) in [7, 11) is 3.02. The number of thiazole rings is 1. The molecule has 0 fully saturated rings. The molecule has 29 heavy (non-hydrogen) atoms. The minimum absolute atomic E-state index is 0.0140. The Balaban J connectivity index is 1.88. The summed E-state index contributed by atoms with van der Waals surface area (Å²) in [6, 6.07) is 8.60. The number of aromatic nitrogens is 1. The molecule has 9 heteroatoms. The first-order valence-corrected chi connectivity index (χ1v) is 9.44. The van der Waals surface area contributed by atoms with Crippen LogP contribution in [0.15, 0.2) is 41.2 Å². The van der Waals surface area contributed by atoms with Gasteiger partial charge in [0.1, 0.15) is 11.6 Å². The summed E-state index contributed by atoms with van der Waals surface area (Å²) < 4.78 is 47.4. The highest BCUT2D eigenvalue weighted by molar-refractivity contribution is 7.10. The average molecular weight is 420 g/mol. The van der Waals surface area contributed by atoms with Crippen molar-refractivity contribution in [1.82, 2.24) is 4.57 Å². The molecule has 150 valence electrons. The van der Waals surface area contributed by atoms with E-state index >= 15 is 0 Å². The number of carbonyl (C=O) groups is 1. The molecule has 0 aliphatic carbocycles. The first-order valence-electron chi connectivity index (χ1n) is 8.63. The molecule has 5 nitrogen and oxygen atoms in total. The van der Waals surface area contributed by atoms with Crippen molar-refractivity contribution in [3.63, 3.8) is 0 Å². The van der Waals surface area contributed by atoms with Crippen LogP contribution in [0.3, 0.4) is 0 Å². The van der Waals surface area contributed by atoms with Gasteiger partial charge in [-0.2, -0.15) is 0 Å². The molecule has 1 aliphatic rings. The van der Waals surface area contributed by atoms with E-state index in [4.69, 9.17) is 4.74 Å². The zero-order valence-electron chi connectivity index (χ0n) is 15.4. The molecule has 0 bridgehead atoms. The normalized spacial score (nSPS) is 16.1. The number of halogens is 3. The van der Waals surface area contributed by atoms with Crippen LogP contribution in [0.4, 0.5) is 24.7 Å². The van der Waals surface area contributed by atoms with E-state index in [0.29, 0.717) is 10.6 Å². The molecule has 1 amide bonds. The Bertz CT molecular complexity index is 1150. The van der Waals surface area contributed by atoms with Gasteiger partial charge in [-0.05, 0) is 17.7 Å². The van der Waals surface area contributed by atoms with Crippen molar-refractivity contribution in [3.8, 4) is 5.75 Å². The Morgan fingerprint density at radius 3 is 2.28 bits per heavy atom. The van der Waals surface area contributed by atoms with Crippen LogP contribution < -0.4 is 14.5 Å². The fourth-order valence-corrected chi connectivity index (χ4v) is 4.56. The molecule has 0 unspecified atom stereocenters. The minimum Gasteiger partial charge on any atom is -0.497 e. The summed E-state index contributed by atoms with van der Waals surface area (Å²) in [4.78, 5) is 26.7. The van der Waals surface area contributed by atoms with Crippen molar-refractivity contribution < 1.29 is 22.7 Å². The highest BCUT2D eigenvalue weighted by Crippen LogP contribution is 2.45. The lowest BCUT2D eigenvalue weighted by molar-refractivity contribution is -0.118. The number of ether oxygens (including phenoxy) is 1.